The highest BCUT2D eigenvalue weighted by atomic mass is 32.1. The van der Waals surface area contributed by atoms with Crippen molar-refractivity contribution in [2.24, 2.45) is 0 Å². The number of nitrogens with zero attached hydrogens (tertiary/aromatic N) is 4. The van der Waals surface area contributed by atoms with Gasteiger partial charge in [-0.15, -0.1) is 0 Å². The highest BCUT2D eigenvalue weighted by molar-refractivity contribution is 7.13. The fourth-order valence-electron chi connectivity index (χ4n) is 2.67. The summed E-state index contributed by atoms with van der Waals surface area (Å²) in [5, 5.41) is 2.81. The minimum atomic E-state index is -0.271. The first-order valence-electron chi connectivity index (χ1n) is 8.28. The molecule has 3 aromatic heterocycles. The Morgan fingerprint density at radius 1 is 1.11 bits per heavy atom. The molecule has 0 spiro atoms. The monoisotopic (exact) mass is 377 g/mol. The van der Waals surface area contributed by atoms with Gasteiger partial charge in [0.15, 0.2) is 0 Å². The molecule has 4 rings (SSSR count). The van der Waals surface area contributed by atoms with Crippen molar-refractivity contribution in [1.29, 1.82) is 0 Å². The molecule has 0 aliphatic carbocycles. The van der Waals surface area contributed by atoms with Crippen LogP contribution in [0, 0.1) is 0 Å². The van der Waals surface area contributed by atoms with Crippen molar-refractivity contribution in [1.82, 2.24) is 24.2 Å². The average molecular weight is 377 g/mol. The first-order valence-corrected chi connectivity index (χ1v) is 9.05. The van der Waals surface area contributed by atoms with Crippen molar-refractivity contribution in [3.63, 3.8) is 0 Å². The quantitative estimate of drug-likeness (QED) is 0.576. The standard InChI is InChI=1S/C19H15N5O2S/c25-15(21-10-13-4-2-1-3-5-13)11-24-12-22-17-16(14-6-8-20-9-7-14)23-27-18(17)19(24)26/h1-9,12H,10-11H2,(H,21,25). The summed E-state index contributed by atoms with van der Waals surface area (Å²) >= 11 is 1.09. The van der Waals surface area contributed by atoms with Crippen LogP contribution in [0.15, 0.2) is 66.0 Å². The normalized spacial score (nSPS) is 10.8. The van der Waals surface area contributed by atoms with E-state index in [2.05, 4.69) is 19.7 Å². The van der Waals surface area contributed by atoms with Crippen LogP contribution >= 0.6 is 11.5 Å². The van der Waals surface area contributed by atoms with Crippen molar-refractivity contribution < 1.29 is 4.79 Å². The third-order valence-corrected chi connectivity index (χ3v) is 4.87. The Labute approximate surface area is 158 Å². The van der Waals surface area contributed by atoms with Crippen LogP contribution in [0.5, 0.6) is 0 Å². The lowest BCUT2D eigenvalue weighted by Crippen LogP contribution is -2.31. The highest BCUT2D eigenvalue weighted by Gasteiger charge is 2.15. The van der Waals surface area contributed by atoms with Crippen molar-refractivity contribution in [3.05, 3.63) is 77.1 Å². The first kappa shape index (κ1) is 17.0. The lowest BCUT2D eigenvalue weighted by molar-refractivity contribution is -0.121. The zero-order valence-corrected chi connectivity index (χ0v) is 15.0. The Morgan fingerprint density at radius 3 is 2.67 bits per heavy atom. The van der Waals surface area contributed by atoms with Crippen molar-refractivity contribution in [2.45, 2.75) is 13.1 Å². The third-order valence-electron chi connectivity index (χ3n) is 4.05. The van der Waals surface area contributed by atoms with Gasteiger partial charge in [-0.3, -0.25) is 19.1 Å². The summed E-state index contributed by atoms with van der Waals surface area (Å²) in [7, 11) is 0. The largest absolute Gasteiger partial charge is 0.350 e. The van der Waals surface area contributed by atoms with E-state index in [0.717, 1.165) is 22.7 Å². The molecule has 0 bridgehead atoms. The molecule has 7 nitrogen and oxygen atoms in total. The minimum absolute atomic E-state index is 0.0862. The van der Waals surface area contributed by atoms with Crippen LogP contribution in [0.3, 0.4) is 0 Å². The lowest BCUT2D eigenvalue weighted by atomic mass is 10.2. The lowest BCUT2D eigenvalue weighted by Gasteiger charge is -2.07. The van der Waals surface area contributed by atoms with E-state index in [1.54, 1.807) is 12.4 Å². The van der Waals surface area contributed by atoms with Crippen molar-refractivity contribution in [2.75, 3.05) is 0 Å². The van der Waals surface area contributed by atoms with E-state index in [1.807, 2.05) is 42.5 Å². The predicted molar refractivity (Wildman–Crippen MR) is 103 cm³/mol. The van der Waals surface area contributed by atoms with Gasteiger partial charge in [0.05, 0.1) is 6.33 Å². The maximum absolute atomic E-state index is 12.7. The van der Waals surface area contributed by atoms with Gasteiger partial charge in [0.1, 0.15) is 22.5 Å². The topological polar surface area (TPSA) is 89.8 Å². The maximum Gasteiger partial charge on any atom is 0.273 e. The molecule has 134 valence electrons. The number of carbonyl (C=O) groups is 1. The molecule has 0 fully saturated rings. The van der Waals surface area contributed by atoms with Gasteiger partial charge in [-0.1, -0.05) is 30.3 Å². The number of fused-ring (bicyclic) bond motifs is 1. The SMILES string of the molecule is O=C(Cn1cnc2c(-c3ccncc3)nsc2c1=O)NCc1ccccc1. The molecular formula is C19H15N5O2S. The Kier molecular flexibility index (Phi) is 4.71. The predicted octanol–water partition coefficient (Wildman–Crippen LogP) is 2.23. The highest BCUT2D eigenvalue weighted by Crippen LogP contribution is 2.26. The number of hydrogen-bond donors (Lipinski definition) is 1. The van der Waals surface area contributed by atoms with Gasteiger partial charge in [-0.2, -0.15) is 4.37 Å². The van der Waals surface area contributed by atoms with Crippen LogP contribution in [0.2, 0.25) is 0 Å². The number of hydrogen-bond acceptors (Lipinski definition) is 6. The fourth-order valence-corrected chi connectivity index (χ4v) is 3.48. The molecule has 0 aliphatic heterocycles. The van der Waals surface area contributed by atoms with Gasteiger partial charge >= 0.3 is 0 Å². The Morgan fingerprint density at radius 2 is 1.89 bits per heavy atom. The second kappa shape index (κ2) is 7.46. The Hall–Kier alpha value is -3.39. The Bertz CT molecular complexity index is 1140. The van der Waals surface area contributed by atoms with Crippen LogP contribution in [-0.4, -0.2) is 24.8 Å². The van der Waals surface area contributed by atoms with Gasteiger partial charge in [-0.05, 0) is 29.2 Å². The zero-order valence-electron chi connectivity index (χ0n) is 14.2. The van der Waals surface area contributed by atoms with Crippen LogP contribution in [0.4, 0.5) is 0 Å². The number of nitrogens with one attached hydrogen (secondary N) is 1. The summed E-state index contributed by atoms with van der Waals surface area (Å²) in [5.74, 6) is -0.249. The molecule has 1 N–H and O–H groups in total. The molecule has 1 aromatic carbocycles. The van der Waals surface area contributed by atoms with E-state index in [-0.39, 0.29) is 18.0 Å². The second-order valence-corrected chi connectivity index (χ2v) is 6.66. The van der Waals surface area contributed by atoms with Crippen molar-refractivity contribution >= 4 is 27.7 Å². The molecular weight excluding hydrogens is 362 g/mol. The van der Waals surface area contributed by atoms with Crippen LogP contribution in [0.25, 0.3) is 21.5 Å². The average Bonchev–Trinajstić information content (AvgIpc) is 3.15. The zero-order chi connectivity index (χ0) is 18.6. The molecule has 8 heteroatoms. The van der Waals surface area contributed by atoms with E-state index in [0.29, 0.717) is 22.5 Å². The van der Waals surface area contributed by atoms with E-state index >= 15 is 0 Å². The Balaban J connectivity index is 1.54. The molecule has 4 aromatic rings. The number of amides is 1. The van der Waals surface area contributed by atoms with E-state index in [4.69, 9.17) is 0 Å². The fraction of sp³-hybridized carbons (Fsp3) is 0.105. The summed E-state index contributed by atoms with van der Waals surface area (Å²) in [6.07, 6.45) is 4.73. The minimum Gasteiger partial charge on any atom is -0.350 e. The summed E-state index contributed by atoms with van der Waals surface area (Å²) in [6, 6.07) is 13.2. The summed E-state index contributed by atoms with van der Waals surface area (Å²) in [5.41, 5.74) is 2.76. The number of aromatic nitrogens is 4. The summed E-state index contributed by atoms with van der Waals surface area (Å²) in [4.78, 5) is 33.2. The van der Waals surface area contributed by atoms with Crippen LogP contribution in [0.1, 0.15) is 5.56 Å². The number of carbonyl (C=O) groups excluding carboxylic acids is 1. The molecule has 27 heavy (non-hydrogen) atoms. The van der Waals surface area contributed by atoms with Gasteiger partial charge in [0.2, 0.25) is 5.91 Å². The van der Waals surface area contributed by atoms with E-state index < -0.39 is 0 Å². The van der Waals surface area contributed by atoms with Gasteiger partial charge in [0.25, 0.3) is 5.56 Å². The molecule has 0 aliphatic rings. The molecule has 3 heterocycles. The summed E-state index contributed by atoms with van der Waals surface area (Å²) < 4.78 is 6.09. The molecule has 0 unspecified atom stereocenters. The smallest absolute Gasteiger partial charge is 0.273 e. The van der Waals surface area contributed by atoms with E-state index in [1.165, 1.54) is 10.9 Å². The summed E-state index contributed by atoms with van der Waals surface area (Å²) in [6.45, 7) is 0.327. The van der Waals surface area contributed by atoms with Crippen molar-refractivity contribution in [3.8, 4) is 11.3 Å². The first-order chi connectivity index (χ1) is 13.2. The maximum atomic E-state index is 12.7. The van der Waals surface area contributed by atoms with Crippen LogP contribution < -0.4 is 10.9 Å². The van der Waals surface area contributed by atoms with Gasteiger partial charge in [-0.25, -0.2) is 4.98 Å². The molecule has 0 saturated heterocycles. The second-order valence-electron chi connectivity index (χ2n) is 5.88. The molecule has 0 saturated carbocycles. The molecule has 0 atom stereocenters. The van der Waals surface area contributed by atoms with E-state index in [9.17, 15) is 9.59 Å². The molecule has 0 radical (unpaired) electrons. The van der Waals surface area contributed by atoms with Gasteiger partial charge < -0.3 is 5.32 Å². The number of benzene rings is 1. The van der Waals surface area contributed by atoms with Crippen LogP contribution in [-0.2, 0) is 17.9 Å². The number of pyridine rings is 1. The number of rotatable bonds is 5. The van der Waals surface area contributed by atoms with Gasteiger partial charge in [0, 0.05) is 24.5 Å². The molecule has 1 amide bonds. The third kappa shape index (κ3) is 3.61.